The number of nitro groups is 2. The Balaban J connectivity index is 3.23. The Bertz CT molecular complexity index is 626. The molecule has 0 aliphatic carbocycles. The highest BCUT2D eigenvalue weighted by molar-refractivity contribution is 7.87. The Hall–Kier alpha value is -2.07. The summed E-state index contributed by atoms with van der Waals surface area (Å²) in [6.45, 7) is 1.72. The SMILES string of the molecule is CCCCOS(=O)(=O)c1ccc([N+](=O)[O-])cc1[N+](=O)[O-]. The van der Waals surface area contributed by atoms with Gasteiger partial charge in [-0.15, -0.1) is 0 Å². The van der Waals surface area contributed by atoms with Gasteiger partial charge in [-0.3, -0.25) is 24.4 Å². The monoisotopic (exact) mass is 304 g/mol. The van der Waals surface area contributed by atoms with Crippen molar-refractivity contribution in [2.24, 2.45) is 0 Å². The van der Waals surface area contributed by atoms with E-state index in [0.717, 1.165) is 12.1 Å². The lowest BCUT2D eigenvalue weighted by atomic mass is 10.3. The van der Waals surface area contributed by atoms with Crippen molar-refractivity contribution in [1.82, 2.24) is 0 Å². The summed E-state index contributed by atoms with van der Waals surface area (Å²) in [4.78, 5) is 18.9. The molecule has 1 aromatic carbocycles. The number of nitro benzene ring substituents is 2. The largest absolute Gasteiger partial charge is 0.303 e. The first-order valence-electron chi connectivity index (χ1n) is 5.62. The van der Waals surface area contributed by atoms with Gasteiger partial charge in [-0.1, -0.05) is 13.3 Å². The van der Waals surface area contributed by atoms with E-state index in [1.54, 1.807) is 0 Å². The standard InChI is InChI=1S/C10H12N2O7S/c1-2-3-6-19-20(17,18)10-5-4-8(11(13)14)7-9(10)12(15)16/h4-5,7H,2-3,6H2,1H3. The molecule has 20 heavy (non-hydrogen) atoms. The van der Waals surface area contributed by atoms with Crippen molar-refractivity contribution in [3.05, 3.63) is 38.4 Å². The topological polar surface area (TPSA) is 130 Å². The summed E-state index contributed by atoms with van der Waals surface area (Å²) in [5.41, 5.74) is -1.44. The summed E-state index contributed by atoms with van der Waals surface area (Å²) >= 11 is 0. The van der Waals surface area contributed by atoms with Crippen LogP contribution in [0.25, 0.3) is 0 Å². The Morgan fingerprint density at radius 2 is 1.85 bits per heavy atom. The maximum Gasteiger partial charge on any atom is 0.303 e. The maximum atomic E-state index is 11.8. The van der Waals surface area contributed by atoms with Crippen molar-refractivity contribution in [1.29, 1.82) is 0 Å². The number of unbranched alkanes of at least 4 members (excludes halogenated alkanes) is 1. The van der Waals surface area contributed by atoms with Crippen LogP contribution in [0.2, 0.25) is 0 Å². The molecule has 10 heteroatoms. The maximum absolute atomic E-state index is 11.8. The summed E-state index contributed by atoms with van der Waals surface area (Å²) in [6, 6.07) is 2.27. The molecular weight excluding hydrogens is 292 g/mol. The lowest BCUT2D eigenvalue weighted by molar-refractivity contribution is -0.396. The predicted octanol–water partition coefficient (Wildman–Crippen LogP) is 2.01. The first-order valence-corrected chi connectivity index (χ1v) is 7.02. The molecule has 110 valence electrons. The van der Waals surface area contributed by atoms with Crippen molar-refractivity contribution >= 4 is 21.5 Å². The molecule has 1 aromatic rings. The highest BCUT2D eigenvalue weighted by atomic mass is 32.2. The van der Waals surface area contributed by atoms with E-state index in [1.165, 1.54) is 0 Å². The minimum Gasteiger partial charge on any atom is -0.266 e. The summed E-state index contributed by atoms with van der Waals surface area (Å²) in [5.74, 6) is 0. The molecular formula is C10H12N2O7S. The summed E-state index contributed by atoms with van der Waals surface area (Å²) in [7, 11) is -4.31. The van der Waals surface area contributed by atoms with Crippen LogP contribution < -0.4 is 0 Å². The molecule has 0 amide bonds. The van der Waals surface area contributed by atoms with E-state index < -0.39 is 36.2 Å². The molecule has 9 nitrogen and oxygen atoms in total. The zero-order chi connectivity index (χ0) is 15.3. The smallest absolute Gasteiger partial charge is 0.266 e. The van der Waals surface area contributed by atoms with Crippen molar-refractivity contribution in [3.63, 3.8) is 0 Å². The molecule has 0 radical (unpaired) electrons. The molecule has 0 spiro atoms. The summed E-state index contributed by atoms with van der Waals surface area (Å²) in [6.07, 6.45) is 1.16. The van der Waals surface area contributed by atoms with Crippen LogP contribution in [0, 0.1) is 20.2 Å². The third kappa shape index (κ3) is 3.71. The minimum absolute atomic E-state index is 0.104. The lowest BCUT2D eigenvalue weighted by Crippen LogP contribution is -2.10. The quantitative estimate of drug-likeness (QED) is 0.326. The fourth-order valence-electron chi connectivity index (χ4n) is 1.35. The first kappa shape index (κ1) is 16.0. The van der Waals surface area contributed by atoms with E-state index in [9.17, 15) is 28.6 Å². The third-order valence-electron chi connectivity index (χ3n) is 2.36. The van der Waals surface area contributed by atoms with Gasteiger partial charge in [0.1, 0.15) is 0 Å². The molecule has 0 saturated heterocycles. The van der Waals surface area contributed by atoms with Gasteiger partial charge in [0.15, 0.2) is 4.90 Å². The average Bonchev–Trinajstić information content (AvgIpc) is 2.38. The summed E-state index contributed by atoms with van der Waals surface area (Å²) in [5, 5.41) is 21.4. The Labute approximate surface area is 114 Å². The van der Waals surface area contributed by atoms with Gasteiger partial charge in [-0.25, -0.2) is 0 Å². The van der Waals surface area contributed by atoms with E-state index in [1.807, 2.05) is 6.92 Å². The van der Waals surface area contributed by atoms with Gasteiger partial charge in [-0.2, -0.15) is 8.42 Å². The average molecular weight is 304 g/mol. The molecule has 0 bridgehead atoms. The van der Waals surface area contributed by atoms with Crippen molar-refractivity contribution in [3.8, 4) is 0 Å². The highest BCUT2D eigenvalue weighted by Gasteiger charge is 2.29. The molecule has 0 atom stereocenters. The second-order valence-electron chi connectivity index (χ2n) is 3.80. The van der Waals surface area contributed by atoms with Crippen molar-refractivity contribution in [2.45, 2.75) is 24.7 Å². The van der Waals surface area contributed by atoms with E-state index in [0.29, 0.717) is 18.9 Å². The van der Waals surface area contributed by atoms with E-state index in [4.69, 9.17) is 0 Å². The number of hydrogen-bond acceptors (Lipinski definition) is 7. The van der Waals surface area contributed by atoms with Crippen LogP contribution in [0.3, 0.4) is 0 Å². The van der Waals surface area contributed by atoms with Crippen LogP contribution in [0.15, 0.2) is 23.1 Å². The number of nitrogens with zero attached hydrogens (tertiary/aromatic N) is 2. The van der Waals surface area contributed by atoms with Crippen LogP contribution in [0.5, 0.6) is 0 Å². The van der Waals surface area contributed by atoms with Crippen LogP contribution in [-0.2, 0) is 14.3 Å². The second kappa shape index (κ2) is 6.39. The number of benzene rings is 1. The molecule has 0 unspecified atom stereocenters. The highest BCUT2D eigenvalue weighted by Crippen LogP contribution is 2.29. The molecule has 0 aliphatic heterocycles. The Morgan fingerprint density at radius 1 is 1.20 bits per heavy atom. The van der Waals surface area contributed by atoms with Gasteiger partial charge in [-0.05, 0) is 12.5 Å². The van der Waals surface area contributed by atoms with Crippen LogP contribution in [0.4, 0.5) is 11.4 Å². The normalized spacial score (nSPS) is 11.2. The predicted molar refractivity (Wildman–Crippen MR) is 67.8 cm³/mol. The second-order valence-corrected chi connectivity index (χ2v) is 5.38. The van der Waals surface area contributed by atoms with Gasteiger partial charge in [0.2, 0.25) is 0 Å². The van der Waals surface area contributed by atoms with E-state index in [2.05, 4.69) is 4.18 Å². The van der Waals surface area contributed by atoms with E-state index >= 15 is 0 Å². The van der Waals surface area contributed by atoms with Gasteiger partial charge in [0.05, 0.1) is 22.5 Å². The number of hydrogen-bond donors (Lipinski definition) is 0. The van der Waals surface area contributed by atoms with Crippen LogP contribution >= 0.6 is 0 Å². The van der Waals surface area contributed by atoms with Crippen molar-refractivity contribution < 1.29 is 22.4 Å². The number of rotatable bonds is 7. The molecule has 0 N–H and O–H groups in total. The third-order valence-corrected chi connectivity index (χ3v) is 3.72. The minimum atomic E-state index is -4.31. The molecule has 0 aromatic heterocycles. The van der Waals surface area contributed by atoms with E-state index in [-0.39, 0.29) is 6.61 Å². The Kier molecular flexibility index (Phi) is 5.11. The zero-order valence-electron chi connectivity index (χ0n) is 10.5. The number of non-ortho nitro benzene ring substituents is 1. The van der Waals surface area contributed by atoms with Crippen LogP contribution in [-0.4, -0.2) is 24.9 Å². The molecule has 0 heterocycles. The molecule has 0 aliphatic rings. The molecule has 1 rings (SSSR count). The van der Waals surface area contributed by atoms with Gasteiger partial charge in [0, 0.05) is 6.07 Å². The van der Waals surface area contributed by atoms with Gasteiger partial charge < -0.3 is 0 Å². The van der Waals surface area contributed by atoms with Crippen molar-refractivity contribution in [2.75, 3.05) is 6.61 Å². The van der Waals surface area contributed by atoms with Gasteiger partial charge in [0.25, 0.3) is 11.4 Å². The fraction of sp³-hybridized carbons (Fsp3) is 0.400. The lowest BCUT2D eigenvalue weighted by Gasteiger charge is -2.05. The van der Waals surface area contributed by atoms with Crippen LogP contribution in [0.1, 0.15) is 19.8 Å². The first-order chi connectivity index (χ1) is 9.29. The zero-order valence-corrected chi connectivity index (χ0v) is 11.3. The van der Waals surface area contributed by atoms with Gasteiger partial charge >= 0.3 is 10.1 Å². The Morgan fingerprint density at radius 3 is 2.35 bits per heavy atom. The molecule has 0 saturated carbocycles. The fourth-order valence-corrected chi connectivity index (χ4v) is 2.44. The summed E-state index contributed by atoms with van der Waals surface area (Å²) < 4.78 is 28.3. The molecule has 0 fully saturated rings.